The van der Waals surface area contributed by atoms with Crippen LogP contribution >= 0.6 is 11.6 Å². The van der Waals surface area contributed by atoms with Crippen LogP contribution in [0.2, 0.25) is 0 Å². The molecule has 1 unspecified atom stereocenters. The van der Waals surface area contributed by atoms with Crippen LogP contribution in [0.5, 0.6) is 0 Å². The predicted molar refractivity (Wildman–Crippen MR) is 54.9 cm³/mol. The summed E-state index contributed by atoms with van der Waals surface area (Å²) in [6.07, 6.45) is 7.28. The number of hydrogen-bond donors (Lipinski definition) is 1. The van der Waals surface area contributed by atoms with Gasteiger partial charge in [0.05, 0.1) is 0 Å². The average molecular weight is 204 g/mol. The molecule has 1 aliphatic rings. The molecule has 1 rings (SSSR count). The van der Waals surface area contributed by atoms with Crippen molar-refractivity contribution in [2.45, 2.75) is 43.9 Å². The maximum atomic E-state index is 11.3. The number of alkyl halides is 1. The van der Waals surface area contributed by atoms with Gasteiger partial charge in [-0.2, -0.15) is 0 Å². The molecule has 1 N–H and O–H groups in total. The molecule has 0 saturated heterocycles. The highest BCUT2D eigenvalue weighted by molar-refractivity contribution is 6.30. The Bertz CT molecular complexity index is 164. The van der Waals surface area contributed by atoms with Crippen molar-refractivity contribution < 1.29 is 4.79 Å². The van der Waals surface area contributed by atoms with Gasteiger partial charge in [-0.15, -0.1) is 11.6 Å². The second-order valence-corrected chi connectivity index (χ2v) is 4.24. The summed E-state index contributed by atoms with van der Waals surface area (Å²) in [4.78, 5) is 11.3. The van der Waals surface area contributed by atoms with E-state index in [0.29, 0.717) is 5.92 Å². The van der Waals surface area contributed by atoms with Gasteiger partial charge in [-0.05, 0) is 18.8 Å². The van der Waals surface area contributed by atoms with Crippen molar-refractivity contribution >= 4 is 17.5 Å². The molecule has 13 heavy (non-hydrogen) atoms. The van der Waals surface area contributed by atoms with Crippen LogP contribution in [0.1, 0.15) is 38.5 Å². The topological polar surface area (TPSA) is 29.1 Å². The van der Waals surface area contributed by atoms with E-state index in [0.717, 1.165) is 12.8 Å². The number of halogens is 1. The Kier molecular flexibility index (Phi) is 4.57. The average Bonchev–Trinajstić information content (AvgIpc) is 2.43. The van der Waals surface area contributed by atoms with Crippen LogP contribution in [0.4, 0.5) is 0 Å². The minimum absolute atomic E-state index is 0.0198. The summed E-state index contributed by atoms with van der Waals surface area (Å²) in [6, 6.07) is 0. The van der Waals surface area contributed by atoms with E-state index in [2.05, 4.69) is 5.32 Å². The lowest BCUT2D eigenvalue weighted by atomic mass is 9.96. The molecular weight excluding hydrogens is 186 g/mol. The molecule has 0 aliphatic heterocycles. The number of carbonyl (C=O) groups is 1. The van der Waals surface area contributed by atoms with Gasteiger partial charge in [-0.1, -0.05) is 25.7 Å². The highest BCUT2D eigenvalue weighted by Gasteiger charge is 2.25. The molecule has 1 saturated carbocycles. The first-order valence-electron chi connectivity index (χ1n) is 5.11. The molecule has 1 atom stereocenters. The van der Waals surface area contributed by atoms with Gasteiger partial charge < -0.3 is 5.32 Å². The second-order valence-electron chi connectivity index (χ2n) is 3.77. The van der Waals surface area contributed by atoms with Crippen LogP contribution < -0.4 is 5.32 Å². The van der Waals surface area contributed by atoms with Gasteiger partial charge in [0, 0.05) is 7.05 Å². The van der Waals surface area contributed by atoms with Gasteiger partial charge in [0.15, 0.2) is 0 Å². The zero-order valence-electron chi connectivity index (χ0n) is 8.18. The fourth-order valence-electron chi connectivity index (χ4n) is 1.96. The fraction of sp³-hybridized carbons (Fsp3) is 0.900. The van der Waals surface area contributed by atoms with Crippen molar-refractivity contribution in [3.63, 3.8) is 0 Å². The lowest BCUT2D eigenvalue weighted by Crippen LogP contribution is -2.33. The number of carbonyl (C=O) groups excluding carboxylic acids is 1. The Morgan fingerprint density at radius 3 is 2.31 bits per heavy atom. The van der Waals surface area contributed by atoms with Gasteiger partial charge in [0.25, 0.3) is 0 Å². The smallest absolute Gasteiger partial charge is 0.238 e. The zero-order valence-corrected chi connectivity index (χ0v) is 8.94. The maximum absolute atomic E-state index is 11.3. The first-order valence-corrected chi connectivity index (χ1v) is 5.55. The van der Waals surface area contributed by atoms with Crippen LogP contribution in [-0.4, -0.2) is 18.3 Å². The highest BCUT2D eigenvalue weighted by Crippen LogP contribution is 2.28. The highest BCUT2D eigenvalue weighted by atomic mass is 35.5. The third kappa shape index (κ3) is 3.18. The number of amides is 1. The van der Waals surface area contributed by atoms with Crippen molar-refractivity contribution in [2.75, 3.05) is 7.05 Å². The Balaban J connectivity index is 2.43. The van der Waals surface area contributed by atoms with Crippen LogP contribution in [0, 0.1) is 5.92 Å². The van der Waals surface area contributed by atoms with E-state index in [1.165, 1.54) is 25.7 Å². The summed E-state index contributed by atoms with van der Waals surface area (Å²) < 4.78 is 0. The third-order valence-corrected chi connectivity index (χ3v) is 3.37. The van der Waals surface area contributed by atoms with Gasteiger partial charge in [0.2, 0.25) is 5.91 Å². The summed E-state index contributed by atoms with van der Waals surface area (Å²) >= 11 is 6.07. The lowest BCUT2D eigenvalue weighted by molar-refractivity contribution is -0.121. The van der Waals surface area contributed by atoms with E-state index in [1.807, 2.05) is 0 Å². The molecule has 76 valence electrons. The van der Waals surface area contributed by atoms with Crippen LogP contribution in [-0.2, 0) is 4.79 Å². The fourth-order valence-corrected chi connectivity index (χ4v) is 2.32. The molecule has 2 nitrogen and oxygen atoms in total. The molecule has 0 aromatic heterocycles. The van der Waals surface area contributed by atoms with Crippen molar-refractivity contribution in [3.8, 4) is 0 Å². The lowest BCUT2D eigenvalue weighted by Gasteiger charge is -2.18. The number of nitrogens with one attached hydrogen (secondary N) is 1. The Morgan fingerprint density at radius 1 is 1.31 bits per heavy atom. The standard InChI is InChI=1S/C10H18ClNO/c1-12-10(13)9(11)8-6-4-2-3-5-7-8/h8-9H,2-7H2,1H3,(H,12,13). The van der Waals surface area contributed by atoms with Gasteiger partial charge in [-0.3, -0.25) is 4.79 Å². The van der Waals surface area contributed by atoms with E-state index >= 15 is 0 Å². The molecule has 3 heteroatoms. The molecule has 0 bridgehead atoms. The summed E-state index contributed by atoms with van der Waals surface area (Å²) in [5.41, 5.74) is 0. The Morgan fingerprint density at radius 2 is 1.85 bits per heavy atom. The minimum Gasteiger partial charge on any atom is -0.358 e. The van der Waals surface area contributed by atoms with Gasteiger partial charge in [-0.25, -0.2) is 0 Å². The quantitative estimate of drug-likeness (QED) is 0.542. The second kappa shape index (κ2) is 5.48. The summed E-state index contributed by atoms with van der Waals surface area (Å²) in [6.45, 7) is 0. The summed E-state index contributed by atoms with van der Waals surface area (Å²) in [7, 11) is 1.65. The molecule has 1 fully saturated rings. The molecule has 1 aliphatic carbocycles. The monoisotopic (exact) mass is 203 g/mol. The SMILES string of the molecule is CNC(=O)C(Cl)C1CCCCCC1. The van der Waals surface area contributed by atoms with Crippen molar-refractivity contribution in [3.05, 3.63) is 0 Å². The molecule has 0 spiro atoms. The molecule has 1 amide bonds. The number of rotatable bonds is 2. The normalized spacial score (nSPS) is 22.0. The van der Waals surface area contributed by atoms with E-state index in [1.54, 1.807) is 7.05 Å². The van der Waals surface area contributed by atoms with Gasteiger partial charge in [0.1, 0.15) is 5.38 Å². The maximum Gasteiger partial charge on any atom is 0.238 e. The summed E-state index contributed by atoms with van der Waals surface area (Å²) in [5.74, 6) is 0.373. The third-order valence-electron chi connectivity index (χ3n) is 2.81. The molecule has 0 heterocycles. The summed E-state index contributed by atoms with van der Waals surface area (Å²) in [5, 5.41) is 2.29. The molecule has 0 radical (unpaired) electrons. The van der Waals surface area contributed by atoms with Crippen molar-refractivity contribution in [1.82, 2.24) is 5.32 Å². The molecule has 0 aromatic carbocycles. The minimum atomic E-state index is -0.317. The number of hydrogen-bond acceptors (Lipinski definition) is 1. The Hall–Kier alpha value is -0.240. The predicted octanol–water partition coefficient (Wildman–Crippen LogP) is 2.31. The van der Waals surface area contributed by atoms with E-state index in [-0.39, 0.29) is 11.3 Å². The van der Waals surface area contributed by atoms with E-state index in [9.17, 15) is 4.79 Å². The van der Waals surface area contributed by atoms with Gasteiger partial charge >= 0.3 is 0 Å². The van der Waals surface area contributed by atoms with E-state index < -0.39 is 0 Å². The van der Waals surface area contributed by atoms with Crippen molar-refractivity contribution in [2.24, 2.45) is 5.92 Å². The first kappa shape index (κ1) is 10.8. The Labute approximate surface area is 85.0 Å². The molecular formula is C10H18ClNO. The zero-order chi connectivity index (χ0) is 9.68. The van der Waals surface area contributed by atoms with Crippen LogP contribution in [0.3, 0.4) is 0 Å². The van der Waals surface area contributed by atoms with Crippen molar-refractivity contribution in [1.29, 1.82) is 0 Å². The largest absolute Gasteiger partial charge is 0.358 e. The van der Waals surface area contributed by atoms with E-state index in [4.69, 9.17) is 11.6 Å². The molecule has 0 aromatic rings. The van der Waals surface area contributed by atoms with Crippen LogP contribution in [0.25, 0.3) is 0 Å². The first-order chi connectivity index (χ1) is 6.25. The van der Waals surface area contributed by atoms with Crippen LogP contribution in [0.15, 0.2) is 0 Å².